The fourth-order valence-electron chi connectivity index (χ4n) is 3.57. The lowest BCUT2D eigenvalue weighted by Crippen LogP contribution is -2.51. The van der Waals surface area contributed by atoms with E-state index >= 15 is 0 Å². The Morgan fingerprint density at radius 1 is 1.38 bits per heavy atom. The van der Waals surface area contributed by atoms with Gasteiger partial charge in [0.05, 0.1) is 32.4 Å². The summed E-state index contributed by atoms with van der Waals surface area (Å²) in [6, 6.07) is 7.26. The third-order valence-corrected chi connectivity index (χ3v) is 5.76. The number of methoxy groups -OCH3 is 1. The highest BCUT2D eigenvalue weighted by Crippen LogP contribution is 2.31. The first kappa shape index (κ1) is 19.5. The summed E-state index contributed by atoms with van der Waals surface area (Å²) < 4.78 is 10.5. The van der Waals surface area contributed by atoms with E-state index in [2.05, 4.69) is 20.9 Å². The average molecular weight is 416 g/mol. The van der Waals surface area contributed by atoms with Gasteiger partial charge in [0, 0.05) is 23.0 Å². The summed E-state index contributed by atoms with van der Waals surface area (Å²) in [5.74, 6) is -0.0146. The Balaban J connectivity index is 1.53. The number of ether oxygens (including phenoxy) is 1. The van der Waals surface area contributed by atoms with Crippen molar-refractivity contribution in [1.29, 1.82) is 0 Å². The van der Waals surface area contributed by atoms with E-state index in [1.54, 1.807) is 4.90 Å². The van der Waals surface area contributed by atoms with Gasteiger partial charge in [-0.25, -0.2) is 4.79 Å². The number of carbonyl (C=O) groups excluding carboxylic acids is 2. The molecule has 1 aromatic carbocycles. The molecule has 0 spiro atoms. The molecule has 2 aromatic heterocycles. The predicted octanol–water partition coefficient (Wildman–Crippen LogP) is 0.554. The minimum absolute atomic E-state index is 0.0923. The van der Waals surface area contributed by atoms with E-state index in [1.165, 1.54) is 7.11 Å². The van der Waals surface area contributed by atoms with E-state index < -0.39 is 12.0 Å². The summed E-state index contributed by atoms with van der Waals surface area (Å²) in [4.78, 5) is 30.3. The van der Waals surface area contributed by atoms with Crippen LogP contribution in [-0.2, 0) is 33.7 Å². The fourth-order valence-corrected chi connectivity index (χ4v) is 4.24. The normalized spacial score (nSPS) is 16.1. The number of aromatic amines is 1. The smallest absolute Gasteiger partial charge is 0.328 e. The SMILES string of the molecule is COC(=O)[C@H]1Cc2c([nH]c3ccccc23)CN1C(=O)CSc1nnc(CC[NH3+])o1. The van der Waals surface area contributed by atoms with Gasteiger partial charge in [-0.05, 0) is 11.6 Å². The number of esters is 1. The van der Waals surface area contributed by atoms with Gasteiger partial charge >= 0.3 is 5.97 Å². The number of benzene rings is 1. The molecule has 4 N–H and O–H groups in total. The number of hydrogen-bond donors (Lipinski definition) is 2. The Hall–Kier alpha value is -2.85. The van der Waals surface area contributed by atoms with Crippen LogP contribution in [0.5, 0.6) is 0 Å². The first-order valence-corrected chi connectivity index (χ1v) is 10.3. The van der Waals surface area contributed by atoms with E-state index in [4.69, 9.17) is 9.15 Å². The van der Waals surface area contributed by atoms with Crippen LogP contribution < -0.4 is 5.73 Å². The zero-order valence-corrected chi connectivity index (χ0v) is 16.8. The lowest BCUT2D eigenvalue weighted by Gasteiger charge is -2.33. The van der Waals surface area contributed by atoms with Crippen molar-refractivity contribution in [2.24, 2.45) is 0 Å². The second-order valence-corrected chi connectivity index (χ2v) is 7.67. The predicted molar refractivity (Wildman–Crippen MR) is 105 cm³/mol. The maximum absolute atomic E-state index is 12.9. The molecule has 0 saturated heterocycles. The zero-order valence-electron chi connectivity index (χ0n) is 16.0. The van der Waals surface area contributed by atoms with Crippen LogP contribution in [0.4, 0.5) is 0 Å². The van der Waals surface area contributed by atoms with Gasteiger partial charge in [-0.2, -0.15) is 0 Å². The molecule has 0 fully saturated rings. The summed E-state index contributed by atoms with van der Waals surface area (Å²) in [6.45, 7) is 0.979. The maximum Gasteiger partial charge on any atom is 0.328 e. The third-order valence-electron chi connectivity index (χ3n) is 4.96. The second kappa shape index (κ2) is 8.26. The van der Waals surface area contributed by atoms with E-state index in [0.717, 1.165) is 33.9 Å². The molecule has 0 aliphatic carbocycles. The first-order chi connectivity index (χ1) is 14.1. The van der Waals surface area contributed by atoms with Crippen LogP contribution >= 0.6 is 11.8 Å². The monoisotopic (exact) mass is 416 g/mol. The first-order valence-electron chi connectivity index (χ1n) is 9.31. The largest absolute Gasteiger partial charge is 0.467 e. The molecular formula is C19H22N5O4S+. The number of nitrogens with one attached hydrogen (secondary N) is 1. The van der Waals surface area contributed by atoms with Gasteiger partial charge in [-0.15, -0.1) is 10.2 Å². The second-order valence-electron chi connectivity index (χ2n) is 6.75. The highest BCUT2D eigenvalue weighted by atomic mass is 32.2. The highest BCUT2D eigenvalue weighted by molar-refractivity contribution is 7.99. The molecule has 10 heteroatoms. The topological polar surface area (TPSA) is 129 Å². The number of fused-ring (bicyclic) bond motifs is 3. The summed E-state index contributed by atoms with van der Waals surface area (Å²) >= 11 is 1.16. The van der Waals surface area contributed by atoms with Crippen LogP contribution in [0.3, 0.4) is 0 Å². The maximum atomic E-state index is 12.9. The molecule has 0 unspecified atom stereocenters. The van der Waals surface area contributed by atoms with Crippen molar-refractivity contribution in [3.05, 3.63) is 41.4 Å². The number of para-hydroxylation sites is 1. The quantitative estimate of drug-likeness (QED) is 0.443. The lowest BCUT2D eigenvalue weighted by molar-refractivity contribution is -0.367. The van der Waals surface area contributed by atoms with Crippen molar-refractivity contribution >= 4 is 34.5 Å². The van der Waals surface area contributed by atoms with Gasteiger partial charge in [0.2, 0.25) is 11.8 Å². The Morgan fingerprint density at radius 3 is 3.00 bits per heavy atom. The lowest BCUT2D eigenvalue weighted by atomic mass is 9.96. The number of thioether (sulfide) groups is 1. The molecule has 1 amide bonds. The number of hydrogen-bond acceptors (Lipinski definition) is 7. The minimum atomic E-state index is -0.663. The molecular weight excluding hydrogens is 394 g/mol. The van der Waals surface area contributed by atoms with Gasteiger partial charge < -0.3 is 24.8 Å². The van der Waals surface area contributed by atoms with Crippen LogP contribution in [0.25, 0.3) is 10.9 Å². The molecule has 1 aliphatic rings. The number of H-pyrrole nitrogens is 1. The zero-order chi connectivity index (χ0) is 20.4. The Bertz CT molecular complexity index is 1050. The molecule has 0 saturated carbocycles. The number of nitrogens with zero attached hydrogens (tertiary/aromatic N) is 3. The van der Waals surface area contributed by atoms with Crippen molar-refractivity contribution in [3.63, 3.8) is 0 Å². The molecule has 3 aromatic rings. The summed E-state index contributed by atoms with van der Waals surface area (Å²) in [6.07, 6.45) is 1.01. The van der Waals surface area contributed by atoms with Crippen molar-refractivity contribution in [3.8, 4) is 0 Å². The third kappa shape index (κ3) is 3.85. The Morgan fingerprint density at radius 2 is 2.21 bits per heavy atom. The van der Waals surface area contributed by atoms with E-state index in [0.29, 0.717) is 37.0 Å². The van der Waals surface area contributed by atoms with Gasteiger partial charge in [0.25, 0.3) is 5.22 Å². The summed E-state index contributed by atoms with van der Waals surface area (Å²) in [5, 5.41) is 9.27. The molecule has 29 heavy (non-hydrogen) atoms. The number of amides is 1. The Kier molecular flexibility index (Phi) is 5.54. The van der Waals surface area contributed by atoms with E-state index in [9.17, 15) is 9.59 Å². The van der Waals surface area contributed by atoms with E-state index in [-0.39, 0.29) is 11.7 Å². The van der Waals surface area contributed by atoms with Crippen LogP contribution in [0.2, 0.25) is 0 Å². The van der Waals surface area contributed by atoms with Crippen molar-refractivity contribution in [2.45, 2.75) is 30.7 Å². The Labute approximate surface area is 171 Å². The molecule has 1 atom stereocenters. The molecule has 4 rings (SSSR count). The van der Waals surface area contributed by atoms with Crippen molar-refractivity contribution in [2.75, 3.05) is 19.4 Å². The fraction of sp³-hybridized carbons (Fsp3) is 0.368. The summed E-state index contributed by atoms with van der Waals surface area (Å²) in [7, 11) is 1.34. The number of aromatic nitrogens is 3. The van der Waals surface area contributed by atoms with Gasteiger partial charge in [-0.3, -0.25) is 4.79 Å². The van der Waals surface area contributed by atoms with Gasteiger partial charge in [0.1, 0.15) is 6.04 Å². The molecule has 1 aliphatic heterocycles. The number of carbonyl (C=O) groups is 2. The van der Waals surface area contributed by atoms with Gasteiger partial charge in [-0.1, -0.05) is 30.0 Å². The summed E-state index contributed by atoms with van der Waals surface area (Å²) in [5.41, 5.74) is 6.75. The standard InChI is InChI=1S/C19H21N5O4S/c1-27-18(26)15-8-12-11-4-2-3-5-13(11)21-14(12)9-24(15)17(25)10-29-19-23-22-16(28-19)6-7-20/h2-5,15,21H,6-10,20H2,1H3/p+1/t15-/m1/s1. The molecule has 0 bridgehead atoms. The van der Waals surface area contributed by atoms with Crippen LogP contribution in [0.1, 0.15) is 17.1 Å². The molecule has 9 nitrogen and oxygen atoms in total. The van der Waals surface area contributed by atoms with Crippen LogP contribution in [0.15, 0.2) is 33.9 Å². The molecule has 0 radical (unpaired) electrons. The van der Waals surface area contributed by atoms with Crippen LogP contribution in [0, 0.1) is 0 Å². The van der Waals surface area contributed by atoms with Crippen molar-refractivity contribution < 1.29 is 24.5 Å². The highest BCUT2D eigenvalue weighted by Gasteiger charge is 2.37. The van der Waals surface area contributed by atoms with Crippen molar-refractivity contribution in [1.82, 2.24) is 20.1 Å². The van der Waals surface area contributed by atoms with Crippen LogP contribution in [-0.4, -0.2) is 57.4 Å². The number of quaternary nitrogens is 1. The average Bonchev–Trinajstić information content (AvgIpc) is 3.34. The minimum Gasteiger partial charge on any atom is -0.467 e. The van der Waals surface area contributed by atoms with Gasteiger partial charge in [0.15, 0.2) is 0 Å². The van der Waals surface area contributed by atoms with E-state index in [1.807, 2.05) is 24.3 Å². The number of rotatable bonds is 6. The molecule has 3 heterocycles. The molecule has 152 valence electrons.